The van der Waals surface area contributed by atoms with E-state index in [1.165, 1.54) is 31.5 Å². The van der Waals surface area contributed by atoms with Gasteiger partial charge in [0.15, 0.2) is 0 Å². The molecule has 0 bridgehead atoms. The van der Waals surface area contributed by atoms with Crippen molar-refractivity contribution in [1.29, 1.82) is 0 Å². The summed E-state index contributed by atoms with van der Waals surface area (Å²) in [6, 6.07) is 4.00. The number of hydrogen-bond donors (Lipinski definition) is 1. The molecular formula is C19H19ClFN5O4S. The van der Waals surface area contributed by atoms with Gasteiger partial charge in [-0.2, -0.15) is 0 Å². The number of morpholine rings is 1. The number of aromatic nitrogens is 3. The molecule has 1 aromatic carbocycles. The van der Waals surface area contributed by atoms with Crippen molar-refractivity contribution < 1.29 is 22.3 Å². The normalized spacial score (nSPS) is 14.6. The summed E-state index contributed by atoms with van der Waals surface area (Å²) < 4.78 is 50.6. The Morgan fingerprint density at radius 3 is 2.65 bits per heavy atom. The van der Waals surface area contributed by atoms with Crippen molar-refractivity contribution in [1.82, 2.24) is 15.0 Å². The number of halogens is 2. The summed E-state index contributed by atoms with van der Waals surface area (Å²) in [7, 11) is -2.22. The number of methoxy groups -OCH3 is 1. The van der Waals surface area contributed by atoms with Gasteiger partial charge in [-0.05, 0) is 18.2 Å². The van der Waals surface area contributed by atoms with E-state index in [-0.39, 0.29) is 16.6 Å². The minimum absolute atomic E-state index is 0.0881. The molecule has 0 spiro atoms. The zero-order valence-corrected chi connectivity index (χ0v) is 18.3. The van der Waals surface area contributed by atoms with Crippen molar-refractivity contribution in [2.75, 3.05) is 49.3 Å². The number of ether oxygens (including phenoxy) is 2. The first-order valence-electron chi connectivity index (χ1n) is 9.27. The van der Waals surface area contributed by atoms with Gasteiger partial charge in [-0.15, -0.1) is 0 Å². The SMILES string of the molecule is COc1ncc(-c2nc(N3CCOCC3)nc3c(Cl)cc(F)cc23)cc1NS(C)(=O)=O. The number of rotatable bonds is 5. The molecular weight excluding hydrogens is 449 g/mol. The second kappa shape index (κ2) is 8.40. The van der Waals surface area contributed by atoms with Gasteiger partial charge in [0.1, 0.15) is 11.5 Å². The maximum Gasteiger partial charge on any atom is 0.238 e. The lowest BCUT2D eigenvalue weighted by atomic mass is 10.1. The molecule has 0 aliphatic carbocycles. The summed E-state index contributed by atoms with van der Waals surface area (Å²) in [5, 5.41) is 0.517. The standard InChI is InChI=1S/C19H19ClFN5O4S/c1-29-18-15(25-31(2,27)28)7-11(10-22-18)16-13-8-12(21)9-14(20)17(13)24-19(23-16)26-3-5-30-6-4-26/h7-10,25H,3-6H2,1-2H3. The highest BCUT2D eigenvalue weighted by Gasteiger charge is 2.21. The average Bonchev–Trinajstić information content (AvgIpc) is 2.72. The third-order valence-electron chi connectivity index (χ3n) is 4.61. The number of benzene rings is 1. The van der Waals surface area contributed by atoms with Crippen LogP contribution >= 0.6 is 11.6 Å². The molecule has 9 nitrogen and oxygen atoms in total. The number of hydrogen-bond acceptors (Lipinski definition) is 8. The first kappa shape index (κ1) is 21.5. The summed E-state index contributed by atoms with van der Waals surface area (Å²) in [5.74, 6) is -0.0460. The number of sulfonamides is 1. The molecule has 0 amide bonds. The van der Waals surface area contributed by atoms with Crippen molar-refractivity contribution in [3.05, 3.63) is 35.2 Å². The monoisotopic (exact) mass is 467 g/mol. The van der Waals surface area contributed by atoms with Crippen LogP contribution in [0, 0.1) is 5.82 Å². The molecule has 1 aliphatic heterocycles. The van der Waals surface area contributed by atoms with Gasteiger partial charge in [0.05, 0.1) is 42.8 Å². The van der Waals surface area contributed by atoms with Crippen LogP contribution in [0.15, 0.2) is 24.4 Å². The van der Waals surface area contributed by atoms with Gasteiger partial charge >= 0.3 is 0 Å². The Morgan fingerprint density at radius 2 is 1.97 bits per heavy atom. The van der Waals surface area contributed by atoms with Gasteiger partial charge in [0.2, 0.25) is 21.9 Å². The topological polar surface area (TPSA) is 107 Å². The molecule has 1 saturated heterocycles. The van der Waals surface area contributed by atoms with E-state index in [1.54, 1.807) is 0 Å². The lowest BCUT2D eigenvalue weighted by Gasteiger charge is -2.27. The Kier molecular flexibility index (Phi) is 5.82. The number of nitrogens with one attached hydrogen (secondary N) is 1. The van der Waals surface area contributed by atoms with Crippen molar-refractivity contribution in [2.45, 2.75) is 0 Å². The predicted molar refractivity (Wildman–Crippen MR) is 116 cm³/mol. The molecule has 1 fully saturated rings. The third-order valence-corrected chi connectivity index (χ3v) is 5.49. The number of pyridine rings is 1. The van der Waals surface area contributed by atoms with Crippen molar-refractivity contribution >= 4 is 44.2 Å². The zero-order chi connectivity index (χ0) is 22.2. The number of fused-ring (bicyclic) bond motifs is 1. The molecule has 1 aliphatic rings. The van der Waals surface area contributed by atoms with E-state index < -0.39 is 15.8 Å². The Hall–Kier alpha value is -2.76. The van der Waals surface area contributed by atoms with Crippen LogP contribution in [0.25, 0.3) is 22.2 Å². The fourth-order valence-corrected chi connectivity index (χ4v) is 4.08. The predicted octanol–water partition coefficient (Wildman–Crippen LogP) is 2.70. The molecule has 1 N–H and O–H groups in total. The lowest BCUT2D eigenvalue weighted by Crippen LogP contribution is -2.37. The molecule has 0 saturated carbocycles. The van der Waals surface area contributed by atoms with Crippen LogP contribution in [0.1, 0.15) is 0 Å². The van der Waals surface area contributed by atoms with Crippen molar-refractivity contribution in [2.24, 2.45) is 0 Å². The molecule has 3 aromatic rings. The molecule has 164 valence electrons. The molecule has 31 heavy (non-hydrogen) atoms. The quantitative estimate of drug-likeness (QED) is 0.610. The van der Waals surface area contributed by atoms with Gasteiger partial charge in [0, 0.05) is 30.2 Å². The molecule has 0 unspecified atom stereocenters. The van der Waals surface area contributed by atoms with Gasteiger partial charge in [-0.25, -0.2) is 27.8 Å². The Bertz CT molecular complexity index is 1250. The van der Waals surface area contributed by atoms with Crippen molar-refractivity contribution in [3.8, 4) is 17.1 Å². The molecule has 3 heterocycles. The zero-order valence-electron chi connectivity index (χ0n) is 16.7. The van der Waals surface area contributed by atoms with Gasteiger partial charge in [-0.1, -0.05) is 11.6 Å². The van der Waals surface area contributed by atoms with Crippen LogP contribution in [0.5, 0.6) is 5.88 Å². The fraction of sp³-hybridized carbons (Fsp3) is 0.316. The largest absolute Gasteiger partial charge is 0.480 e. The van der Waals surface area contributed by atoms with E-state index >= 15 is 0 Å². The summed E-state index contributed by atoms with van der Waals surface area (Å²) in [5.41, 5.74) is 1.31. The smallest absolute Gasteiger partial charge is 0.238 e. The van der Waals surface area contributed by atoms with Gasteiger partial charge < -0.3 is 14.4 Å². The van der Waals surface area contributed by atoms with E-state index in [4.69, 9.17) is 21.1 Å². The van der Waals surface area contributed by atoms with Gasteiger partial charge in [0.25, 0.3) is 0 Å². The highest BCUT2D eigenvalue weighted by atomic mass is 35.5. The molecule has 2 aromatic heterocycles. The highest BCUT2D eigenvalue weighted by Crippen LogP contribution is 2.35. The summed E-state index contributed by atoms with van der Waals surface area (Å²) in [6.07, 6.45) is 2.49. The van der Waals surface area contributed by atoms with E-state index in [0.29, 0.717) is 54.4 Å². The summed E-state index contributed by atoms with van der Waals surface area (Å²) in [6.45, 7) is 2.23. The number of anilines is 2. The summed E-state index contributed by atoms with van der Waals surface area (Å²) in [4.78, 5) is 15.3. The van der Waals surface area contributed by atoms with E-state index in [0.717, 1.165) is 6.26 Å². The molecule has 0 radical (unpaired) electrons. The fourth-order valence-electron chi connectivity index (χ4n) is 3.29. The van der Waals surface area contributed by atoms with Crippen LogP contribution in [-0.4, -0.2) is 63.0 Å². The minimum atomic E-state index is -3.60. The first-order valence-corrected chi connectivity index (χ1v) is 11.5. The maximum absolute atomic E-state index is 14.2. The average molecular weight is 468 g/mol. The Labute approximate surface area is 183 Å². The maximum atomic E-state index is 14.2. The Balaban J connectivity index is 1.94. The van der Waals surface area contributed by atoms with Crippen LogP contribution in [0.4, 0.5) is 16.0 Å². The molecule has 4 rings (SSSR count). The van der Waals surface area contributed by atoms with E-state index in [9.17, 15) is 12.8 Å². The number of nitrogens with zero attached hydrogens (tertiary/aromatic N) is 4. The van der Waals surface area contributed by atoms with E-state index in [1.807, 2.05) is 4.90 Å². The second-order valence-corrected chi connectivity index (χ2v) is 9.07. The van der Waals surface area contributed by atoms with Gasteiger partial charge in [-0.3, -0.25) is 4.72 Å². The van der Waals surface area contributed by atoms with Crippen LogP contribution < -0.4 is 14.4 Å². The minimum Gasteiger partial charge on any atom is -0.480 e. The third kappa shape index (κ3) is 4.63. The van der Waals surface area contributed by atoms with Crippen molar-refractivity contribution in [3.63, 3.8) is 0 Å². The molecule has 12 heteroatoms. The highest BCUT2D eigenvalue weighted by molar-refractivity contribution is 7.92. The first-order chi connectivity index (χ1) is 14.7. The van der Waals surface area contributed by atoms with Crippen LogP contribution in [0.3, 0.4) is 0 Å². The Morgan fingerprint density at radius 1 is 1.23 bits per heavy atom. The van der Waals surface area contributed by atoms with Crippen LogP contribution in [-0.2, 0) is 14.8 Å². The van der Waals surface area contributed by atoms with Crippen LogP contribution in [0.2, 0.25) is 5.02 Å². The lowest BCUT2D eigenvalue weighted by molar-refractivity contribution is 0.122. The summed E-state index contributed by atoms with van der Waals surface area (Å²) >= 11 is 6.30. The second-order valence-electron chi connectivity index (χ2n) is 6.91. The molecule has 0 atom stereocenters. The van der Waals surface area contributed by atoms with E-state index in [2.05, 4.69) is 19.7 Å².